The van der Waals surface area contributed by atoms with Crippen LogP contribution in [0.2, 0.25) is 0 Å². The molecule has 12 heavy (non-hydrogen) atoms. The largest absolute Gasteiger partial charge is 0.246 e. The summed E-state index contributed by atoms with van der Waals surface area (Å²) in [6, 6.07) is 0. The smallest absolute Gasteiger partial charge is 0.0933 e. The van der Waals surface area contributed by atoms with Gasteiger partial charge in [0.15, 0.2) is 0 Å². The fourth-order valence-electron chi connectivity index (χ4n) is 1.81. The van der Waals surface area contributed by atoms with Gasteiger partial charge in [-0.05, 0) is 50.0 Å². The molecule has 1 aliphatic carbocycles. The van der Waals surface area contributed by atoms with E-state index in [-0.39, 0.29) is 0 Å². The van der Waals surface area contributed by atoms with Gasteiger partial charge in [0.05, 0.1) is 11.9 Å². The normalized spacial score (nSPS) is 21.7. The van der Waals surface area contributed by atoms with Crippen LogP contribution in [-0.4, -0.2) is 6.21 Å². The van der Waals surface area contributed by atoms with Crippen molar-refractivity contribution in [3.63, 3.8) is 0 Å². The van der Waals surface area contributed by atoms with Gasteiger partial charge in [-0.2, -0.15) is 0 Å². The molecule has 1 heterocycles. The fraction of sp³-hybridized carbons (Fsp3) is 0.364. The van der Waals surface area contributed by atoms with E-state index < -0.39 is 0 Å². The van der Waals surface area contributed by atoms with Crippen LogP contribution in [0.5, 0.6) is 0 Å². The highest BCUT2D eigenvalue weighted by Gasteiger charge is 2.25. The van der Waals surface area contributed by atoms with Gasteiger partial charge in [-0.3, -0.25) is 0 Å². The Hall–Kier alpha value is -1.11. The summed E-state index contributed by atoms with van der Waals surface area (Å²) >= 11 is 0. The number of hydrogen-bond donors (Lipinski definition) is 0. The third kappa shape index (κ3) is 0.711. The fourth-order valence-corrected chi connectivity index (χ4v) is 1.81. The van der Waals surface area contributed by atoms with Crippen LogP contribution in [0.25, 0.3) is 0 Å². The Bertz CT molecular complexity index is 376. The first-order valence-electron chi connectivity index (χ1n) is 4.20. The molecule has 0 bridgehead atoms. The van der Waals surface area contributed by atoms with Gasteiger partial charge < -0.3 is 0 Å². The summed E-state index contributed by atoms with van der Waals surface area (Å²) in [6.45, 7) is 8.52. The third-order valence-electron chi connectivity index (χ3n) is 2.80. The first-order valence-corrected chi connectivity index (χ1v) is 4.20. The summed E-state index contributed by atoms with van der Waals surface area (Å²) in [4.78, 5) is 4.27. The summed E-state index contributed by atoms with van der Waals surface area (Å²) in [7, 11) is 0. The lowest BCUT2D eigenvalue weighted by Crippen LogP contribution is -1.83. The molecule has 0 saturated heterocycles. The maximum Gasteiger partial charge on any atom is 0.0933 e. The van der Waals surface area contributed by atoms with E-state index in [9.17, 15) is 0 Å². The SMILES string of the molecule is CC1=C2C(C)=C(C)C(C)=C2N=[C]1. The number of hydrogen-bond acceptors (Lipinski definition) is 1. The molecule has 0 aromatic heterocycles. The molecule has 0 aromatic rings. The van der Waals surface area contributed by atoms with Crippen LogP contribution < -0.4 is 0 Å². The number of fused-ring (bicyclic) bond motifs is 1. The van der Waals surface area contributed by atoms with Gasteiger partial charge in [0.2, 0.25) is 0 Å². The molecule has 1 radical (unpaired) electrons. The average molecular weight is 158 g/mol. The van der Waals surface area contributed by atoms with Crippen LogP contribution >= 0.6 is 0 Å². The standard InChI is InChI=1S/C11H12N/c1-6-5-12-11-9(4)7(2)8(3)10(6)11/h1-4H3. The summed E-state index contributed by atoms with van der Waals surface area (Å²) in [5.74, 6) is 0. The molecule has 1 aliphatic heterocycles. The van der Waals surface area contributed by atoms with Crippen molar-refractivity contribution in [1.29, 1.82) is 0 Å². The predicted octanol–water partition coefficient (Wildman–Crippen LogP) is 2.89. The van der Waals surface area contributed by atoms with E-state index in [0.29, 0.717) is 0 Å². The van der Waals surface area contributed by atoms with Crippen LogP contribution in [0, 0.1) is 0 Å². The van der Waals surface area contributed by atoms with E-state index >= 15 is 0 Å². The molecular weight excluding hydrogens is 146 g/mol. The molecule has 2 rings (SSSR count). The average Bonchev–Trinajstić information content (AvgIpc) is 2.51. The van der Waals surface area contributed by atoms with Gasteiger partial charge in [-0.25, -0.2) is 4.99 Å². The zero-order valence-electron chi connectivity index (χ0n) is 7.95. The number of rotatable bonds is 0. The van der Waals surface area contributed by atoms with Crippen LogP contribution in [0.15, 0.2) is 38.6 Å². The molecule has 2 aliphatic rings. The van der Waals surface area contributed by atoms with Crippen molar-refractivity contribution in [2.75, 3.05) is 0 Å². The molecule has 0 amide bonds. The molecule has 0 N–H and O–H groups in total. The van der Waals surface area contributed by atoms with E-state index in [1.165, 1.54) is 27.9 Å². The van der Waals surface area contributed by atoms with Crippen LogP contribution in [0.3, 0.4) is 0 Å². The van der Waals surface area contributed by atoms with Crippen molar-refractivity contribution in [2.24, 2.45) is 4.99 Å². The van der Waals surface area contributed by atoms with E-state index in [1.54, 1.807) is 0 Å². The second kappa shape index (κ2) is 2.19. The van der Waals surface area contributed by atoms with E-state index in [2.05, 4.69) is 38.9 Å². The second-order valence-electron chi connectivity index (χ2n) is 3.45. The van der Waals surface area contributed by atoms with Crippen molar-refractivity contribution in [2.45, 2.75) is 27.7 Å². The summed E-state index contributed by atoms with van der Waals surface area (Å²) in [6.07, 6.45) is 3.02. The lowest BCUT2D eigenvalue weighted by molar-refractivity contribution is 1.29. The molecule has 0 saturated carbocycles. The van der Waals surface area contributed by atoms with Gasteiger partial charge >= 0.3 is 0 Å². The Labute approximate surface area is 73.2 Å². The molecule has 1 nitrogen and oxygen atoms in total. The summed E-state index contributed by atoms with van der Waals surface area (Å²) in [5.41, 5.74) is 7.69. The van der Waals surface area contributed by atoms with Gasteiger partial charge in [-0.15, -0.1) is 0 Å². The molecule has 0 unspecified atom stereocenters. The second-order valence-corrected chi connectivity index (χ2v) is 3.45. The molecule has 0 aromatic carbocycles. The lowest BCUT2D eigenvalue weighted by Gasteiger charge is -1.98. The highest BCUT2D eigenvalue weighted by molar-refractivity contribution is 5.90. The van der Waals surface area contributed by atoms with Gasteiger partial charge in [0.25, 0.3) is 0 Å². The zero-order valence-corrected chi connectivity index (χ0v) is 7.95. The van der Waals surface area contributed by atoms with Crippen molar-refractivity contribution >= 4 is 6.21 Å². The van der Waals surface area contributed by atoms with Crippen molar-refractivity contribution in [3.05, 3.63) is 33.6 Å². The van der Waals surface area contributed by atoms with Gasteiger partial charge in [0.1, 0.15) is 0 Å². The molecule has 61 valence electrons. The van der Waals surface area contributed by atoms with Crippen molar-refractivity contribution in [1.82, 2.24) is 0 Å². The quantitative estimate of drug-likeness (QED) is 0.514. The Morgan fingerprint density at radius 2 is 1.58 bits per heavy atom. The summed E-state index contributed by atoms with van der Waals surface area (Å²) in [5, 5.41) is 0. The van der Waals surface area contributed by atoms with Crippen LogP contribution in [-0.2, 0) is 0 Å². The minimum Gasteiger partial charge on any atom is -0.246 e. The Morgan fingerprint density at radius 3 is 2.17 bits per heavy atom. The maximum absolute atomic E-state index is 4.27. The Morgan fingerprint density at radius 1 is 0.917 bits per heavy atom. The van der Waals surface area contributed by atoms with Crippen molar-refractivity contribution in [3.8, 4) is 0 Å². The minimum atomic E-state index is 1.14. The van der Waals surface area contributed by atoms with Crippen LogP contribution in [0.4, 0.5) is 0 Å². The Kier molecular flexibility index (Phi) is 1.38. The van der Waals surface area contributed by atoms with E-state index in [4.69, 9.17) is 0 Å². The monoisotopic (exact) mass is 158 g/mol. The highest BCUT2D eigenvalue weighted by atomic mass is 14.8. The maximum atomic E-state index is 4.27. The van der Waals surface area contributed by atoms with Crippen LogP contribution in [0.1, 0.15) is 27.7 Å². The number of nitrogens with zero attached hydrogens (tertiary/aromatic N) is 1. The first-order chi connectivity index (χ1) is 5.63. The number of aliphatic imine (C=N–C) groups is 1. The van der Waals surface area contributed by atoms with Gasteiger partial charge in [0, 0.05) is 5.57 Å². The highest BCUT2D eigenvalue weighted by Crippen LogP contribution is 2.40. The summed E-state index contributed by atoms with van der Waals surface area (Å²) < 4.78 is 0. The molecule has 0 fully saturated rings. The van der Waals surface area contributed by atoms with Gasteiger partial charge in [-0.1, -0.05) is 0 Å². The third-order valence-corrected chi connectivity index (χ3v) is 2.80. The molecule has 0 atom stereocenters. The molecular formula is C11H12N. The molecule has 1 heteroatoms. The number of allylic oxidation sites excluding steroid dienone is 4. The topological polar surface area (TPSA) is 12.4 Å². The zero-order chi connectivity index (χ0) is 8.88. The first kappa shape index (κ1) is 7.53. The molecule has 0 spiro atoms. The lowest BCUT2D eigenvalue weighted by atomic mass is 10.0. The van der Waals surface area contributed by atoms with Crippen molar-refractivity contribution < 1.29 is 0 Å². The predicted molar refractivity (Wildman–Crippen MR) is 51.2 cm³/mol. The van der Waals surface area contributed by atoms with E-state index in [1.807, 2.05) is 0 Å². The minimum absolute atomic E-state index is 1.14. The van der Waals surface area contributed by atoms with E-state index in [0.717, 1.165) is 5.70 Å². The Balaban J connectivity index is 2.70.